The number of aromatic nitrogens is 2. The summed E-state index contributed by atoms with van der Waals surface area (Å²) in [4.78, 5) is 22.9. The molecule has 3 heterocycles. The summed E-state index contributed by atoms with van der Waals surface area (Å²) < 4.78 is 0. The molecule has 0 unspecified atom stereocenters. The number of likely N-dealkylation sites (tertiary alicyclic amines) is 1. The maximum Gasteiger partial charge on any atom is 0.222 e. The van der Waals surface area contributed by atoms with Crippen molar-refractivity contribution in [3.63, 3.8) is 0 Å². The van der Waals surface area contributed by atoms with Crippen molar-refractivity contribution in [1.82, 2.24) is 20.2 Å². The van der Waals surface area contributed by atoms with E-state index in [2.05, 4.69) is 29.1 Å². The molecule has 154 valence electrons. The minimum Gasteiger partial charge on any atom is -0.390 e. The van der Waals surface area contributed by atoms with Gasteiger partial charge >= 0.3 is 0 Å². The van der Waals surface area contributed by atoms with Gasteiger partial charge in [0.1, 0.15) is 5.15 Å². The zero-order chi connectivity index (χ0) is 20.8. The molecule has 3 rings (SSSR count). The molecule has 0 saturated carbocycles. The van der Waals surface area contributed by atoms with Crippen LogP contribution in [-0.2, 0) is 4.79 Å². The van der Waals surface area contributed by atoms with E-state index in [1.54, 1.807) is 12.3 Å². The van der Waals surface area contributed by atoms with Crippen LogP contribution in [0.3, 0.4) is 0 Å². The molecule has 2 aromatic heterocycles. The molecule has 6 nitrogen and oxygen atoms in total. The van der Waals surface area contributed by atoms with E-state index >= 15 is 0 Å². The van der Waals surface area contributed by atoms with Gasteiger partial charge < -0.3 is 15.6 Å². The predicted molar refractivity (Wildman–Crippen MR) is 118 cm³/mol. The van der Waals surface area contributed by atoms with Crippen molar-refractivity contribution >= 4 is 40.3 Å². The summed E-state index contributed by atoms with van der Waals surface area (Å²) in [6.45, 7) is 6.66. The van der Waals surface area contributed by atoms with Gasteiger partial charge in [0, 0.05) is 55.8 Å². The molecule has 1 amide bonds. The average Bonchev–Trinajstić information content (AvgIpc) is 2.70. The minimum absolute atomic E-state index is 0.273. The van der Waals surface area contributed by atoms with Gasteiger partial charge in [0.05, 0.1) is 11.0 Å². The number of pyridine rings is 2. The van der Waals surface area contributed by atoms with E-state index in [1.165, 1.54) is 6.21 Å². The molecule has 0 radical (unpaired) electrons. The van der Waals surface area contributed by atoms with Gasteiger partial charge in [-0.05, 0) is 42.9 Å². The third-order valence-corrected chi connectivity index (χ3v) is 5.42. The molecule has 0 spiro atoms. The van der Waals surface area contributed by atoms with Crippen molar-refractivity contribution in [2.45, 2.75) is 33.1 Å². The Bertz CT molecular complexity index is 903. The second-order valence-electron chi connectivity index (χ2n) is 7.97. The molecule has 7 heteroatoms. The number of rotatable bonds is 7. The maximum atomic E-state index is 12.2. The second kappa shape index (κ2) is 9.83. The highest BCUT2D eigenvalue weighted by Gasteiger charge is 2.22. The van der Waals surface area contributed by atoms with Crippen molar-refractivity contribution < 1.29 is 4.79 Å². The number of hydrogen-bond donors (Lipinski definition) is 2. The summed E-state index contributed by atoms with van der Waals surface area (Å²) in [6.07, 6.45) is 7.56. The topological polar surface area (TPSA) is 82.0 Å². The number of amides is 1. The first-order chi connectivity index (χ1) is 14.0. The summed E-state index contributed by atoms with van der Waals surface area (Å²) >= 11 is 5.97. The predicted octanol–water partition coefficient (Wildman–Crippen LogP) is 4.15. The van der Waals surface area contributed by atoms with Gasteiger partial charge in [0.2, 0.25) is 5.91 Å². The van der Waals surface area contributed by atoms with Crippen LogP contribution in [0.1, 0.15) is 38.7 Å². The molecule has 0 atom stereocenters. The number of hydrogen-bond acceptors (Lipinski definition) is 5. The monoisotopic (exact) mass is 413 g/mol. The van der Waals surface area contributed by atoms with Crippen molar-refractivity contribution in [2.75, 3.05) is 19.6 Å². The van der Waals surface area contributed by atoms with Crippen molar-refractivity contribution in [2.24, 2.45) is 11.8 Å². The Morgan fingerprint density at radius 2 is 2.10 bits per heavy atom. The van der Waals surface area contributed by atoms with Crippen LogP contribution >= 0.6 is 11.6 Å². The molecule has 0 aliphatic carbocycles. The second-order valence-corrected chi connectivity index (χ2v) is 8.36. The SMILES string of the molecule is CC(C)CC(=O)N1CCC(CN/C=C(\C=N)c2cnc3ccc(Cl)nc3c2)CC1. The molecule has 0 bridgehead atoms. The summed E-state index contributed by atoms with van der Waals surface area (Å²) in [5, 5.41) is 11.5. The van der Waals surface area contributed by atoms with Crippen LogP contribution in [0.4, 0.5) is 0 Å². The Balaban J connectivity index is 1.55. The molecule has 1 aliphatic heterocycles. The molecule has 2 N–H and O–H groups in total. The Labute approximate surface area is 176 Å². The van der Waals surface area contributed by atoms with Gasteiger partial charge in [-0.3, -0.25) is 9.78 Å². The highest BCUT2D eigenvalue weighted by Crippen LogP contribution is 2.20. The van der Waals surface area contributed by atoms with Crippen molar-refractivity contribution in [3.05, 3.63) is 41.3 Å². The lowest BCUT2D eigenvalue weighted by molar-refractivity contribution is -0.133. The summed E-state index contributed by atoms with van der Waals surface area (Å²) in [6, 6.07) is 5.44. The number of piperidine rings is 1. The van der Waals surface area contributed by atoms with Crippen LogP contribution in [0.2, 0.25) is 5.15 Å². The van der Waals surface area contributed by atoms with E-state index in [4.69, 9.17) is 17.0 Å². The zero-order valence-corrected chi connectivity index (χ0v) is 17.7. The first-order valence-electron chi connectivity index (χ1n) is 10.1. The Kier molecular flexibility index (Phi) is 7.20. The molecule has 1 fully saturated rings. The van der Waals surface area contributed by atoms with Crippen LogP contribution in [0, 0.1) is 17.2 Å². The Morgan fingerprint density at radius 3 is 2.79 bits per heavy atom. The van der Waals surface area contributed by atoms with E-state index < -0.39 is 0 Å². The fourth-order valence-corrected chi connectivity index (χ4v) is 3.70. The number of fused-ring (bicyclic) bond motifs is 1. The van der Waals surface area contributed by atoms with E-state index in [1.807, 2.05) is 23.2 Å². The maximum absolute atomic E-state index is 12.2. The van der Waals surface area contributed by atoms with Gasteiger partial charge in [0.25, 0.3) is 0 Å². The lowest BCUT2D eigenvalue weighted by atomic mass is 9.96. The number of halogens is 1. The van der Waals surface area contributed by atoms with Gasteiger partial charge in [-0.1, -0.05) is 25.4 Å². The lowest BCUT2D eigenvalue weighted by Gasteiger charge is -2.32. The quantitative estimate of drug-likeness (QED) is 0.527. The molecule has 0 aromatic carbocycles. The number of carbonyl (C=O) groups excluding carboxylic acids is 1. The average molecular weight is 414 g/mol. The van der Waals surface area contributed by atoms with Gasteiger partial charge in [0.15, 0.2) is 0 Å². The van der Waals surface area contributed by atoms with Crippen LogP contribution in [0.25, 0.3) is 16.6 Å². The van der Waals surface area contributed by atoms with E-state index in [-0.39, 0.29) is 5.91 Å². The first kappa shape index (κ1) is 21.2. The fraction of sp³-hybridized carbons (Fsp3) is 0.455. The van der Waals surface area contributed by atoms with Crippen molar-refractivity contribution in [1.29, 1.82) is 5.41 Å². The van der Waals surface area contributed by atoms with Gasteiger partial charge in [-0.2, -0.15) is 0 Å². The third kappa shape index (κ3) is 5.76. The molecular formula is C22H28ClN5O. The van der Waals surface area contributed by atoms with Crippen LogP contribution in [0.5, 0.6) is 0 Å². The van der Waals surface area contributed by atoms with E-state index in [0.29, 0.717) is 28.9 Å². The largest absolute Gasteiger partial charge is 0.390 e. The molecule has 29 heavy (non-hydrogen) atoms. The van der Waals surface area contributed by atoms with Crippen molar-refractivity contribution in [3.8, 4) is 0 Å². The normalized spacial score (nSPS) is 15.7. The minimum atomic E-state index is 0.273. The highest BCUT2D eigenvalue weighted by atomic mass is 35.5. The van der Waals surface area contributed by atoms with Crippen LogP contribution in [0.15, 0.2) is 30.6 Å². The fourth-order valence-electron chi connectivity index (χ4n) is 3.55. The number of nitrogens with zero attached hydrogens (tertiary/aromatic N) is 3. The third-order valence-electron chi connectivity index (χ3n) is 5.21. The van der Waals surface area contributed by atoms with E-state index in [0.717, 1.165) is 49.1 Å². The molecule has 1 aliphatic rings. The number of nitrogens with one attached hydrogen (secondary N) is 2. The smallest absolute Gasteiger partial charge is 0.222 e. The van der Waals surface area contributed by atoms with Crippen LogP contribution < -0.4 is 5.32 Å². The summed E-state index contributed by atoms with van der Waals surface area (Å²) in [5.74, 6) is 1.20. The summed E-state index contributed by atoms with van der Waals surface area (Å²) in [7, 11) is 0. The standard InChI is InChI=1S/C22H28ClN5O/c1-15(2)9-22(29)28-7-5-16(6-8-28)12-25-13-18(11-24)17-10-20-19(26-14-17)3-4-21(23)27-20/h3-4,10-11,13-16,24-25H,5-9,12H2,1-2H3/b18-13+,24-11?. The van der Waals surface area contributed by atoms with Gasteiger partial charge in [-0.25, -0.2) is 4.98 Å². The number of allylic oxidation sites excluding steroid dienone is 1. The van der Waals surface area contributed by atoms with E-state index in [9.17, 15) is 4.79 Å². The summed E-state index contributed by atoms with van der Waals surface area (Å²) in [5.41, 5.74) is 3.05. The highest BCUT2D eigenvalue weighted by molar-refractivity contribution is 6.29. The molecule has 1 saturated heterocycles. The number of carbonyl (C=O) groups is 1. The van der Waals surface area contributed by atoms with Gasteiger partial charge in [-0.15, -0.1) is 0 Å². The Hall–Kier alpha value is -2.47. The molecule has 2 aromatic rings. The first-order valence-corrected chi connectivity index (χ1v) is 10.5. The lowest BCUT2D eigenvalue weighted by Crippen LogP contribution is -2.40. The van der Waals surface area contributed by atoms with Crippen LogP contribution in [-0.4, -0.2) is 46.6 Å². The zero-order valence-electron chi connectivity index (χ0n) is 17.0. The molecular weight excluding hydrogens is 386 g/mol. The Morgan fingerprint density at radius 1 is 1.34 bits per heavy atom.